The van der Waals surface area contributed by atoms with Gasteiger partial charge in [-0.1, -0.05) is 11.6 Å². The molecule has 1 aromatic heterocycles. The van der Waals surface area contributed by atoms with Crippen LogP contribution in [0.2, 0.25) is 0 Å². The number of hydrogen-bond acceptors (Lipinski definition) is 5. The van der Waals surface area contributed by atoms with Crippen molar-refractivity contribution < 1.29 is 9.90 Å². The van der Waals surface area contributed by atoms with Crippen molar-refractivity contribution in [1.29, 1.82) is 0 Å². The highest BCUT2D eigenvalue weighted by molar-refractivity contribution is 5.77. The average molecular weight is 330 g/mol. The number of aliphatic hydroxyl groups is 1. The van der Waals surface area contributed by atoms with Crippen LogP contribution >= 0.6 is 0 Å². The smallest absolute Gasteiger partial charge is 0.248 e. The van der Waals surface area contributed by atoms with E-state index in [-0.39, 0.29) is 5.91 Å². The first-order chi connectivity index (χ1) is 11.8. The number of amides is 1. The monoisotopic (exact) mass is 330 g/mol. The van der Waals surface area contributed by atoms with Gasteiger partial charge in [-0.2, -0.15) is 0 Å². The van der Waals surface area contributed by atoms with Gasteiger partial charge in [-0.3, -0.25) is 4.79 Å². The average Bonchev–Trinajstić information content (AvgIpc) is 2.85. The van der Waals surface area contributed by atoms with Crippen LogP contribution in [-0.4, -0.2) is 52.1 Å². The normalized spacial score (nSPS) is 17.7. The highest BCUT2D eigenvalue weighted by Crippen LogP contribution is 2.22. The van der Waals surface area contributed by atoms with Crippen LogP contribution in [0.5, 0.6) is 0 Å². The SMILES string of the molecule is O=C(CO)N1CCc2ncnc(NCCC3=CCCCC3)c2CC1. The molecule has 1 aliphatic heterocycles. The first kappa shape index (κ1) is 16.9. The summed E-state index contributed by atoms with van der Waals surface area (Å²) >= 11 is 0. The van der Waals surface area contributed by atoms with Crippen molar-refractivity contribution in [2.75, 3.05) is 31.6 Å². The van der Waals surface area contributed by atoms with E-state index < -0.39 is 6.61 Å². The summed E-state index contributed by atoms with van der Waals surface area (Å²) in [5.74, 6) is 0.684. The molecule has 24 heavy (non-hydrogen) atoms. The number of aliphatic hydroxyl groups excluding tert-OH is 1. The standard InChI is InChI=1S/C18H26N4O2/c23-12-17(24)22-10-7-15-16(8-11-22)20-13-21-18(15)19-9-6-14-4-2-1-3-5-14/h4,13,23H,1-3,5-12H2,(H,19,20,21). The summed E-state index contributed by atoms with van der Waals surface area (Å²) < 4.78 is 0. The number of carbonyl (C=O) groups is 1. The number of nitrogens with one attached hydrogen (secondary N) is 1. The lowest BCUT2D eigenvalue weighted by atomic mass is 9.97. The predicted molar refractivity (Wildman–Crippen MR) is 92.8 cm³/mol. The zero-order valence-corrected chi connectivity index (χ0v) is 14.1. The number of aromatic nitrogens is 2. The Kier molecular flexibility index (Phi) is 5.80. The maximum absolute atomic E-state index is 11.7. The molecule has 0 radical (unpaired) electrons. The van der Waals surface area contributed by atoms with Crippen LogP contribution in [0.15, 0.2) is 18.0 Å². The van der Waals surface area contributed by atoms with Crippen molar-refractivity contribution in [3.05, 3.63) is 29.2 Å². The fraction of sp³-hybridized carbons (Fsp3) is 0.611. The number of rotatable bonds is 5. The second-order valence-electron chi connectivity index (χ2n) is 6.47. The van der Waals surface area contributed by atoms with Crippen LogP contribution in [0.4, 0.5) is 5.82 Å². The van der Waals surface area contributed by atoms with E-state index in [1.165, 1.54) is 25.7 Å². The molecular formula is C18H26N4O2. The molecule has 0 spiro atoms. The van der Waals surface area contributed by atoms with Crippen LogP contribution < -0.4 is 5.32 Å². The predicted octanol–water partition coefficient (Wildman–Crippen LogP) is 1.70. The summed E-state index contributed by atoms with van der Waals surface area (Å²) in [6.07, 6.45) is 11.6. The number of carbonyl (C=O) groups excluding carboxylic acids is 1. The zero-order valence-electron chi connectivity index (χ0n) is 14.1. The maximum Gasteiger partial charge on any atom is 0.248 e. The number of hydrogen-bond donors (Lipinski definition) is 2. The Morgan fingerprint density at radius 3 is 2.88 bits per heavy atom. The summed E-state index contributed by atoms with van der Waals surface area (Å²) in [4.78, 5) is 22.2. The van der Waals surface area contributed by atoms with Crippen LogP contribution in [0.25, 0.3) is 0 Å². The second-order valence-corrected chi connectivity index (χ2v) is 6.47. The molecule has 1 aliphatic carbocycles. The minimum absolute atomic E-state index is 0.213. The fourth-order valence-corrected chi connectivity index (χ4v) is 3.50. The molecule has 1 amide bonds. The minimum Gasteiger partial charge on any atom is -0.387 e. The summed E-state index contributed by atoms with van der Waals surface area (Å²) in [6, 6.07) is 0. The minimum atomic E-state index is -0.428. The lowest BCUT2D eigenvalue weighted by Gasteiger charge is -2.18. The third-order valence-corrected chi connectivity index (χ3v) is 4.90. The van der Waals surface area contributed by atoms with E-state index in [9.17, 15) is 4.79 Å². The summed E-state index contributed by atoms with van der Waals surface area (Å²) in [7, 11) is 0. The molecule has 2 N–H and O–H groups in total. The molecule has 0 saturated heterocycles. The molecule has 6 nitrogen and oxygen atoms in total. The van der Waals surface area contributed by atoms with Gasteiger partial charge in [-0.25, -0.2) is 9.97 Å². The summed E-state index contributed by atoms with van der Waals surface area (Å²) in [5.41, 5.74) is 3.68. The number of allylic oxidation sites excluding steroid dienone is 1. The molecule has 0 bridgehead atoms. The summed E-state index contributed by atoms with van der Waals surface area (Å²) in [5, 5.41) is 12.5. The topological polar surface area (TPSA) is 78.3 Å². The van der Waals surface area contributed by atoms with Crippen LogP contribution in [0.1, 0.15) is 43.4 Å². The van der Waals surface area contributed by atoms with Gasteiger partial charge in [0.25, 0.3) is 0 Å². The van der Waals surface area contributed by atoms with E-state index in [0.29, 0.717) is 19.5 Å². The quantitative estimate of drug-likeness (QED) is 0.804. The zero-order chi connectivity index (χ0) is 16.8. The Labute approximate surface area is 143 Å². The molecule has 3 rings (SSSR count). The third-order valence-electron chi connectivity index (χ3n) is 4.90. The number of nitrogens with zero attached hydrogens (tertiary/aromatic N) is 3. The van der Waals surface area contributed by atoms with Gasteiger partial charge >= 0.3 is 0 Å². The largest absolute Gasteiger partial charge is 0.387 e. The molecular weight excluding hydrogens is 304 g/mol. The molecule has 130 valence electrons. The van der Waals surface area contributed by atoms with Crippen LogP contribution in [0, 0.1) is 0 Å². The third kappa shape index (κ3) is 4.12. The van der Waals surface area contributed by atoms with E-state index in [4.69, 9.17) is 5.11 Å². The Morgan fingerprint density at radius 1 is 1.21 bits per heavy atom. The van der Waals surface area contributed by atoms with Crippen molar-refractivity contribution in [3.8, 4) is 0 Å². The molecule has 0 aromatic carbocycles. The van der Waals surface area contributed by atoms with E-state index >= 15 is 0 Å². The van der Waals surface area contributed by atoms with Gasteiger partial charge in [0.2, 0.25) is 5.91 Å². The highest BCUT2D eigenvalue weighted by atomic mass is 16.3. The first-order valence-corrected chi connectivity index (χ1v) is 8.91. The Balaban J connectivity index is 1.62. The lowest BCUT2D eigenvalue weighted by molar-refractivity contribution is -0.134. The van der Waals surface area contributed by atoms with Crippen LogP contribution in [0.3, 0.4) is 0 Å². The molecule has 0 saturated carbocycles. The molecule has 0 unspecified atom stereocenters. The number of fused-ring (bicyclic) bond motifs is 1. The van der Waals surface area contributed by atoms with Gasteiger partial charge in [0.15, 0.2) is 0 Å². The molecule has 2 heterocycles. The fourth-order valence-electron chi connectivity index (χ4n) is 3.50. The molecule has 0 atom stereocenters. The maximum atomic E-state index is 11.7. The summed E-state index contributed by atoms with van der Waals surface area (Å²) in [6.45, 7) is 1.67. The van der Waals surface area contributed by atoms with E-state index in [1.54, 1.807) is 16.8 Å². The van der Waals surface area contributed by atoms with Gasteiger partial charge in [0, 0.05) is 31.6 Å². The Bertz CT molecular complexity index is 615. The number of anilines is 1. The van der Waals surface area contributed by atoms with Crippen molar-refractivity contribution in [2.24, 2.45) is 0 Å². The molecule has 6 heteroatoms. The van der Waals surface area contributed by atoms with Crippen molar-refractivity contribution in [1.82, 2.24) is 14.9 Å². The van der Waals surface area contributed by atoms with E-state index in [1.807, 2.05) is 0 Å². The molecule has 0 fully saturated rings. The van der Waals surface area contributed by atoms with Crippen molar-refractivity contribution in [2.45, 2.75) is 44.9 Å². The van der Waals surface area contributed by atoms with E-state index in [0.717, 1.165) is 36.5 Å². The Hall–Kier alpha value is -1.95. The Morgan fingerprint density at radius 2 is 2.08 bits per heavy atom. The second kappa shape index (κ2) is 8.24. The van der Waals surface area contributed by atoms with Gasteiger partial charge in [-0.15, -0.1) is 0 Å². The van der Waals surface area contributed by atoms with Crippen molar-refractivity contribution >= 4 is 11.7 Å². The van der Waals surface area contributed by atoms with Gasteiger partial charge in [-0.05, 0) is 38.5 Å². The first-order valence-electron chi connectivity index (χ1n) is 8.91. The van der Waals surface area contributed by atoms with E-state index in [2.05, 4.69) is 21.4 Å². The van der Waals surface area contributed by atoms with Gasteiger partial charge in [0.1, 0.15) is 18.8 Å². The highest BCUT2D eigenvalue weighted by Gasteiger charge is 2.21. The molecule has 1 aromatic rings. The van der Waals surface area contributed by atoms with Gasteiger partial charge in [0.05, 0.1) is 5.69 Å². The van der Waals surface area contributed by atoms with Crippen molar-refractivity contribution in [3.63, 3.8) is 0 Å². The van der Waals surface area contributed by atoms with Gasteiger partial charge < -0.3 is 15.3 Å². The molecule has 2 aliphatic rings. The van der Waals surface area contributed by atoms with Crippen LogP contribution in [-0.2, 0) is 17.6 Å². The lowest BCUT2D eigenvalue weighted by Crippen LogP contribution is -2.35.